The van der Waals surface area contributed by atoms with E-state index in [4.69, 9.17) is 14.2 Å². The van der Waals surface area contributed by atoms with Crippen molar-refractivity contribution in [2.45, 2.75) is 56.4 Å². The molecule has 3 nitrogen and oxygen atoms in total. The van der Waals surface area contributed by atoms with E-state index in [0.717, 1.165) is 12.8 Å². The van der Waals surface area contributed by atoms with Gasteiger partial charge in [-0.05, 0) is 34.0 Å². The van der Waals surface area contributed by atoms with Gasteiger partial charge in [0.2, 0.25) is 0 Å². The molecule has 5 atom stereocenters. The Labute approximate surface area is 115 Å². The van der Waals surface area contributed by atoms with Crippen LogP contribution >= 0.6 is 7.92 Å². The molecule has 4 aliphatic rings. The molecule has 4 bridgehead atoms. The topological polar surface area (TPSA) is 27.7 Å². The van der Waals surface area contributed by atoms with Crippen LogP contribution in [0.3, 0.4) is 0 Å². The monoisotopic (exact) mass is 278 g/mol. The molecule has 0 aromatic heterocycles. The standard InChI is InChI=1S/C15H19O3P/c1-13-10-15(3)17-12(16-13)9-14(2,18-13)19(15)11-7-5-4-6-8-11/h4-8,12H,9-10H2,1-3H3/t12-,13-,14+,15+,19?/m1/s1. The zero-order chi connectivity index (χ0) is 13.3. The molecule has 1 aromatic rings. The van der Waals surface area contributed by atoms with Crippen LogP contribution in [0.2, 0.25) is 0 Å². The maximum Gasteiger partial charge on any atom is 0.173 e. The maximum absolute atomic E-state index is 6.36. The summed E-state index contributed by atoms with van der Waals surface area (Å²) in [6.45, 7) is 6.52. The molecule has 102 valence electrons. The first-order valence-corrected chi connectivity index (χ1v) is 8.18. The molecule has 1 unspecified atom stereocenters. The van der Waals surface area contributed by atoms with Crippen LogP contribution in [0.25, 0.3) is 0 Å². The molecule has 0 radical (unpaired) electrons. The van der Waals surface area contributed by atoms with Crippen molar-refractivity contribution in [1.29, 1.82) is 0 Å². The molecule has 1 aromatic carbocycles. The lowest BCUT2D eigenvalue weighted by atomic mass is 10.0. The third-order valence-corrected chi connectivity index (χ3v) is 7.60. The van der Waals surface area contributed by atoms with Gasteiger partial charge in [0, 0.05) is 12.8 Å². The lowest BCUT2D eigenvalue weighted by Gasteiger charge is -2.66. The molecular formula is C15H19O3P. The summed E-state index contributed by atoms with van der Waals surface area (Å²) >= 11 is 0. The highest BCUT2D eigenvalue weighted by Crippen LogP contribution is 2.73. The van der Waals surface area contributed by atoms with Crippen molar-refractivity contribution >= 4 is 13.2 Å². The second kappa shape index (κ2) is 3.59. The van der Waals surface area contributed by atoms with Gasteiger partial charge in [-0.25, -0.2) is 0 Å². The van der Waals surface area contributed by atoms with Gasteiger partial charge in [-0.1, -0.05) is 30.3 Å². The van der Waals surface area contributed by atoms with Crippen molar-refractivity contribution in [2.75, 3.05) is 0 Å². The SMILES string of the molecule is C[C@]12C[C@@]3(C)O[C@H](C[C@@](C)(O1)P3c1ccccc1)O2. The summed E-state index contributed by atoms with van der Waals surface area (Å²) in [5.41, 5.74) is 0. The fourth-order valence-electron chi connectivity index (χ4n) is 4.12. The normalized spacial score (nSPS) is 51.5. The zero-order valence-electron chi connectivity index (χ0n) is 11.6. The summed E-state index contributed by atoms with van der Waals surface area (Å²) in [5, 5.41) is 1.09. The third-order valence-electron chi connectivity index (χ3n) is 4.36. The largest absolute Gasteiger partial charge is 0.341 e. The molecule has 4 aliphatic heterocycles. The highest BCUT2D eigenvalue weighted by molar-refractivity contribution is 7.68. The summed E-state index contributed by atoms with van der Waals surface area (Å²) < 4.78 is 18.5. The Morgan fingerprint density at radius 1 is 1.05 bits per heavy atom. The van der Waals surface area contributed by atoms with Gasteiger partial charge in [0.1, 0.15) is 0 Å². The number of hydrogen-bond acceptors (Lipinski definition) is 3. The minimum absolute atomic E-state index is 0.107. The van der Waals surface area contributed by atoms with Crippen LogP contribution in [-0.2, 0) is 14.2 Å². The second-order valence-electron chi connectivity index (χ2n) is 6.30. The molecule has 0 saturated carbocycles. The van der Waals surface area contributed by atoms with E-state index in [1.807, 2.05) is 0 Å². The van der Waals surface area contributed by atoms with E-state index in [0.29, 0.717) is 0 Å². The van der Waals surface area contributed by atoms with E-state index in [1.54, 1.807) is 0 Å². The first kappa shape index (κ1) is 12.3. The maximum atomic E-state index is 6.36. The summed E-state index contributed by atoms with van der Waals surface area (Å²) in [7, 11) is -0.521. The molecule has 4 saturated heterocycles. The summed E-state index contributed by atoms with van der Waals surface area (Å²) in [4.78, 5) is 0. The Balaban J connectivity index is 1.84. The van der Waals surface area contributed by atoms with Gasteiger partial charge in [-0.15, -0.1) is 0 Å². The summed E-state index contributed by atoms with van der Waals surface area (Å²) in [5.74, 6) is -0.474. The molecule has 19 heavy (non-hydrogen) atoms. The molecule has 5 rings (SSSR count). The van der Waals surface area contributed by atoms with Gasteiger partial charge in [0.25, 0.3) is 0 Å². The number of benzene rings is 1. The highest BCUT2D eigenvalue weighted by atomic mass is 31.1. The molecule has 4 heteroatoms. The number of hydrogen-bond donors (Lipinski definition) is 0. The third kappa shape index (κ3) is 1.66. The van der Waals surface area contributed by atoms with Crippen LogP contribution in [0, 0.1) is 0 Å². The minimum Gasteiger partial charge on any atom is -0.341 e. The Morgan fingerprint density at radius 3 is 2.42 bits per heavy atom. The molecule has 0 amide bonds. The van der Waals surface area contributed by atoms with E-state index in [1.165, 1.54) is 5.30 Å². The smallest absolute Gasteiger partial charge is 0.173 e. The number of rotatable bonds is 1. The summed E-state index contributed by atoms with van der Waals surface area (Å²) in [6, 6.07) is 10.7. The predicted molar refractivity (Wildman–Crippen MR) is 74.5 cm³/mol. The Bertz CT molecular complexity index is 497. The van der Waals surface area contributed by atoms with Crippen molar-refractivity contribution in [3.05, 3.63) is 30.3 Å². The fourth-order valence-corrected chi connectivity index (χ4v) is 7.96. The molecule has 4 fully saturated rings. The van der Waals surface area contributed by atoms with Crippen LogP contribution in [0.5, 0.6) is 0 Å². The lowest BCUT2D eigenvalue weighted by Crippen LogP contribution is -2.68. The van der Waals surface area contributed by atoms with Gasteiger partial charge in [-0.2, -0.15) is 0 Å². The van der Waals surface area contributed by atoms with Crippen molar-refractivity contribution in [3.63, 3.8) is 0 Å². The Hall–Kier alpha value is -0.470. The van der Waals surface area contributed by atoms with Crippen LogP contribution < -0.4 is 5.30 Å². The molecule has 0 spiro atoms. The van der Waals surface area contributed by atoms with Crippen LogP contribution in [0.1, 0.15) is 33.6 Å². The predicted octanol–water partition coefficient (Wildman–Crippen LogP) is 3.14. The summed E-state index contributed by atoms with van der Waals surface area (Å²) in [6.07, 6.45) is 1.54. The van der Waals surface area contributed by atoms with Crippen LogP contribution in [0.15, 0.2) is 30.3 Å². The Morgan fingerprint density at radius 2 is 1.79 bits per heavy atom. The van der Waals surface area contributed by atoms with Gasteiger partial charge < -0.3 is 14.2 Å². The van der Waals surface area contributed by atoms with E-state index in [2.05, 4.69) is 51.1 Å². The minimum atomic E-state index is -0.521. The Kier molecular flexibility index (Phi) is 2.32. The second-order valence-corrected chi connectivity index (χ2v) is 9.38. The quantitative estimate of drug-likeness (QED) is 0.739. The molecule has 0 N–H and O–H groups in total. The van der Waals surface area contributed by atoms with Crippen molar-refractivity contribution < 1.29 is 14.2 Å². The van der Waals surface area contributed by atoms with Gasteiger partial charge in [-0.3, -0.25) is 0 Å². The van der Waals surface area contributed by atoms with E-state index >= 15 is 0 Å². The average Bonchev–Trinajstić information content (AvgIpc) is 2.24. The van der Waals surface area contributed by atoms with Crippen molar-refractivity contribution in [3.8, 4) is 0 Å². The van der Waals surface area contributed by atoms with Gasteiger partial charge in [0.05, 0.1) is 10.7 Å². The van der Waals surface area contributed by atoms with E-state index < -0.39 is 13.7 Å². The highest BCUT2D eigenvalue weighted by Gasteiger charge is 2.67. The molecular weight excluding hydrogens is 259 g/mol. The first-order chi connectivity index (χ1) is 8.93. The van der Waals surface area contributed by atoms with Gasteiger partial charge in [0.15, 0.2) is 12.1 Å². The van der Waals surface area contributed by atoms with Crippen LogP contribution in [-0.4, -0.2) is 22.8 Å². The van der Waals surface area contributed by atoms with E-state index in [-0.39, 0.29) is 17.0 Å². The first-order valence-electron chi connectivity index (χ1n) is 6.84. The van der Waals surface area contributed by atoms with Gasteiger partial charge >= 0.3 is 0 Å². The van der Waals surface area contributed by atoms with Crippen LogP contribution in [0.4, 0.5) is 0 Å². The van der Waals surface area contributed by atoms with Crippen molar-refractivity contribution in [2.24, 2.45) is 0 Å². The average molecular weight is 278 g/mol. The zero-order valence-corrected chi connectivity index (χ0v) is 12.4. The number of ether oxygens (including phenoxy) is 3. The van der Waals surface area contributed by atoms with Crippen molar-refractivity contribution in [1.82, 2.24) is 0 Å². The fraction of sp³-hybridized carbons (Fsp3) is 0.600. The molecule has 4 heterocycles. The molecule has 0 aliphatic carbocycles. The van der Waals surface area contributed by atoms with E-state index in [9.17, 15) is 0 Å². The lowest BCUT2D eigenvalue weighted by molar-refractivity contribution is -0.427.